The summed E-state index contributed by atoms with van der Waals surface area (Å²) in [6, 6.07) is 10.4. The van der Waals surface area contributed by atoms with Crippen molar-refractivity contribution >= 4 is 8.07 Å². The van der Waals surface area contributed by atoms with Crippen molar-refractivity contribution in [2.75, 3.05) is 0 Å². The molecule has 1 aliphatic heterocycles. The molecule has 0 N–H and O–H groups in total. The van der Waals surface area contributed by atoms with Crippen molar-refractivity contribution < 1.29 is 4.57 Å². The van der Waals surface area contributed by atoms with Gasteiger partial charge in [-0.15, -0.1) is 0 Å². The third-order valence-electron chi connectivity index (χ3n) is 2.28. The maximum atomic E-state index is 4.43. The van der Waals surface area contributed by atoms with Gasteiger partial charge in [0.2, 0.25) is 5.69 Å². The van der Waals surface area contributed by atoms with Gasteiger partial charge in [-0.05, 0) is 17.1 Å². The lowest BCUT2D eigenvalue weighted by molar-refractivity contribution is -0.668. The molecule has 0 saturated carbocycles. The van der Waals surface area contributed by atoms with E-state index >= 15 is 0 Å². The average molecular weight is 217 g/mol. The highest BCUT2D eigenvalue weighted by molar-refractivity contribution is 6.74. The van der Waals surface area contributed by atoms with Crippen molar-refractivity contribution in [2.24, 2.45) is 0 Å². The summed E-state index contributed by atoms with van der Waals surface area (Å²) in [5.74, 6) is 0. The first-order valence-electron chi connectivity index (χ1n) is 5.29. The van der Waals surface area contributed by atoms with Crippen LogP contribution in [-0.4, -0.2) is 13.1 Å². The Balaban J connectivity index is 2.41. The van der Waals surface area contributed by atoms with Crippen LogP contribution in [0.3, 0.4) is 0 Å². The van der Waals surface area contributed by atoms with Crippen LogP contribution in [0.15, 0.2) is 36.7 Å². The van der Waals surface area contributed by atoms with E-state index in [9.17, 15) is 0 Å². The molecule has 0 aromatic carbocycles. The minimum absolute atomic E-state index is 1.08. The Bertz CT molecular complexity index is 434. The minimum Gasteiger partial charge on any atom is -0.230 e. The highest BCUT2D eigenvalue weighted by atomic mass is 28.3. The molecule has 0 atom stereocenters. The summed E-state index contributed by atoms with van der Waals surface area (Å²) in [5.41, 5.74) is 2.32. The fourth-order valence-corrected chi connectivity index (χ4v) is 2.99. The zero-order chi connectivity index (χ0) is 10.9. The zero-order valence-electron chi connectivity index (χ0n) is 9.57. The number of hydrogen-bond donors (Lipinski definition) is 0. The number of imidazole rings is 1. The molecule has 3 heteroatoms. The maximum absolute atomic E-state index is 4.43. The van der Waals surface area contributed by atoms with Gasteiger partial charge in [0.05, 0.1) is 14.2 Å². The fraction of sp³-hybridized carbons (Fsp3) is 0.333. The monoisotopic (exact) mass is 217 g/mol. The predicted octanol–water partition coefficient (Wildman–Crippen LogP) is 2.35. The Kier molecular flexibility index (Phi) is 2.57. The zero-order valence-corrected chi connectivity index (χ0v) is 10.6. The molecule has 2 aliphatic rings. The van der Waals surface area contributed by atoms with Crippen LogP contribution in [0.4, 0.5) is 0 Å². The van der Waals surface area contributed by atoms with Crippen molar-refractivity contribution in [3.8, 4) is 11.4 Å². The Morgan fingerprint density at radius 3 is 2.60 bits per heavy atom. The van der Waals surface area contributed by atoms with Gasteiger partial charge in [-0.3, -0.25) is 0 Å². The first-order valence-corrected chi connectivity index (χ1v) is 9.00. The topological polar surface area (TPSA) is 16.8 Å². The second-order valence-corrected chi connectivity index (χ2v) is 10.6. The highest BCUT2D eigenvalue weighted by Gasteiger charge is 2.23. The lowest BCUT2D eigenvalue weighted by Gasteiger charge is -2.12. The molecule has 0 bridgehead atoms. The van der Waals surface area contributed by atoms with Crippen LogP contribution in [0, 0.1) is 0 Å². The van der Waals surface area contributed by atoms with Gasteiger partial charge in [0, 0.05) is 0 Å². The van der Waals surface area contributed by atoms with Gasteiger partial charge in [-0.1, -0.05) is 37.8 Å². The van der Waals surface area contributed by atoms with E-state index in [1.807, 2.05) is 18.5 Å². The van der Waals surface area contributed by atoms with E-state index in [0.29, 0.717) is 0 Å². The molecule has 0 aromatic rings. The Morgan fingerprint density at radius 2 is 1.87 bits per heavy atom. The molecule has 0 unspecified atom stereocenters. The number of hydrogen-bond acceptors (Lipinski definition) is 1. The molecule has 0 fully saturated rings. The molecule has 0 spiro atoms. The molecular formula is C12H17N2Si+. The number of rotatable bonds is 2. The van der Waals surface area contributed by atoms with Gasteiger partial charge in [0.15, 0.2) is 5.69 Å². The van der Waals surface area contributed by atoms with E-state index in [2.05, 4.69) is 47.4 Å². The van der Waals surface area contributed by atoms with E-state index in [-0.39, 0.29) is 0 Å². The van der Waals surface area contributed by atoms with Crippen LogP contribution < -0.4 is 4.57 Å². The van der Waals surface area contributed by atoms with E-state index in [4.69, 9.17) is 0 Å². The molecule has 0 saturated heterocycles. The van der Waals surface area contributed by atoms with Crippen molar-refractivity contribution in [1.29, 1.82) is 0 Å². The largest absolute Gasteiger partial charge is 0.287 e. The van der Waals surface area contributed by atoms with E-state index in [0.717, 1.165) is 11.9 Å². The van der Waals surface area contributed by atoms with Gasteiger partial charge in [0.25, 0.3) is 6.33 Å². The summed E-state index contributed by atoms with van der Waals surface area (Å²) >= 11 is 0. The van der Waals surface area contributed by atoms with Crippen molar-refractivity contribution in [3.05, 3.63) is 36.7 Å². The van der Waals surface area contributed by atoms with Crippen LogP contribution in [-0.2, 0) is 6.17 Å². The normalized spacial score (nSPS) is 11.9. The Labute approximate surface area is 92.0 Å². The lowest BCUT2D eigenvalue weighted by Crippen LogP contribution is -2.45. The van der Waals surface area contributed by atoms with E-state index in [1.165, 1.54) is 5.69 Å². The van der Waals surface area contributed by atoms with Gasteiger partial charge >= 0.3 is 0 Å². The van der Waals surface area contributed by atoms with Gasteiger partial charge in [-0.2, -0.15) is 0 Å². The average Bonchev–Trinajstić information content (AvgIpc) is 2.35. The van der Waals surface area contributed by atoms with Crippen molar-refractivity contribution in [1.82, 2.24) is 4.98 Å². The second-order valence-electron chi connectivity index (χ2n) is 5.11. The predicted molar refractivity (Wildman–Crippen MR) is 64.4 cm³/mol. The smallest absolute Gasteiger partial charge is 0.230 e. The molecule has 1 aliphatic carbocycles. The maximum Gasteiger partial charge on any atom is 0.287 e. The third kappa shape index (κ3) is 2.42. The summed E-state index contributed by atoms with van der Waals surface area (Å²) in [7, 11) is -1.08. The summed E-state index contributed by atoms with van der Waals surface area (Å²) < 4.78 is 2.28. The fourth-order valence-electron chi connectivity index (χ4n) is 1.71. The van der Waals surface area contributed by atoms with E-state index in [1.54, 1.807) is 0 Å². The van der Waals surface area contributed by atoms with E-state index < -0.39 is 8.07 Å². The first-order chi connectivity index (χ1) is 7.06. The Hall–Kier alpha value is -1.22. The molecule has 0 amide bonds. The SMILES string of the molecule is C[Si](C)(C)C[n+]1cnc2cccccc1-2. The quantitative estimate of drug-likeness (QED) is 0.557. The number of nitrogens with zero attached hydrogens (tertiary/aromatic N) is 2. The molecule has 2 rings (SSSR count). The van der Waals surface area contributed by atoms with Gasteiger partial charge in [-0.25, -0.2) is 4.57 Å². The summed E-state index contributed by atoms with van der Waals surface area (Å²) in [6.07, 6.45) is 3.09. The van der Waals surface area contributed by atoms with Crippen LogP contribution in [0.25, 0.3) is 11.4 Å². The number of fused-ring (bicyclic) bond motifs is 1. The second kappa shape index (κ2) is 3.74. The lowest BCUT2D eigenvalue weighted by atomic mass is 10.3. The highest BCUT2D eigenvalue weighted by Crippen LogP contribution is 2.13. The molecule has 0 radical (unpaired) electrons. The molecule has 2 nitrogen and oxygen atoms in total. The summed E-state index contributed by atoms with van der Waals surface area (Å²) in [6.45, 7) is 7.13. The third-order valence-corrected chi connectivity index (χ3v) is 3.57. The van der Waals surface area contributed by atoms with Crippen LogP contribution in [0.5, 0.6) is 0 Å². The Morgan fingerprint density at radius 1 is 1.13 bits per heavy atom. The van der Waals surface area contributed by atoms with Gasteiger partial charge < -0.3 is 0 Å². The molecular weight excluding hydrogens is 200 g/mol. The van der Waals surface area contributed by atoms with Gasteiger partial charge in [0.1, 0.15) is 0 Å². The minimum atomic E-state index is -1.08. The summed E-state index contributed by atoms with van der Waals surface area (Å²) in [4.78, 5) is 4.43. The van der Waals surface area contributed by atoms with Crippen LogP contribution in [0.2, 0.25) is 19.6 Å². The number of aromatic nitrogens is 2. The standard InChI is InChI=1S/C12H17N2Si/c1-15(2,3)10-14-9-13-11-7-5-4-6-8-12(11)14/h4-9H,10H2,1-3H3/q+1. The van der Waals surface area contributed by atoms with Crippen molar-refractivity contribution in [2.45, 2.75) is 25.8 Å². The van der Waals surface area contributed by atoms with Crippen LogP contribution in [0.1, 0.15) is 0 Å². The van der Waals surface area contributed by atoms with Crippen molar-refractivity contribution in [3.63, 3.8) is 0 Å². The molecule has 78 valence electrons. The first kappa shape index (κ1) is 10.3. The molecule has 1 heterocycles. The molecule has 0 aromatic heterocycles. The molecule has 15 heavy (non-hydrogen) atoms. The van der Waals surface area contributed by atoms with Crippen LogP contribution >= 0.6 is 0 Å². The summed E-state index contributed by atoms with van der Waals surface area (Å²) in [5, 5.41) is 0.